The summed E-state index contributed by atoms with van der Waals surface area (Å²) in [7, 11) is 0. The molecule has 1 rings (SSSR count). The van der Waals surface area contributed by atoms with Gasteiger partial charge in [0.05, 0.1) is 12.2 Å². The van der Waals surface area contributed by atoms with E-state index >= 15 is 0 Å². The Labute approximate surface area is 110 Å². The summed E-state index contributed by atoms with van der Waals surface area (Å²) in [6, 6.07) is 1.87. The number of nitrogens with zero attached hydrogens (tertiary/aromatic N) is 2. The monoisotopic (exact) mass is 255 g/mol. The van der Waals surface area contributed by atoms with E-state index in [1.165, 1.54) is 13.8 Å². The zero-order valence-corrected chi connectivity index (χ0v) is 12.4. The summed E-state index contributed by atoms with van der Waals surface area (Å²) in [6.07, 6.45) is 1.00. The molecule has 0 aliphatic heterocycles. The van der Waals surface area contributed by atoms with Crippen LogP contribution in [-0.4, -0.2) is 15.3 Å². The van der Waals surface area contributed by atoms with Crippen molar-refractivity contribution in [2.24, 2.45) is 5.73 Å². The topological polar surface area (TPSA) is 43.8 Å². The maximum Gasteiger partial charge on any atom is 0.149 e. The first kappa shape index (κ1) is 15.2. The molecule has 1 heterocycles. The van der Waals surface area contributed by atoms with Gasteiger partial charge in [-0.15, -0.1) is 0 Å². The molecule has 1 unspecified atom stereocenters. The number of aromatic nitrogens is 2. The molecule has 0 radical (unpaired) electrons. The zero-order chi connectivity index (χ0) is 14.1. The van der Waals surface area contributed by atoms with Gasteiger partial charge in [-0.3, -0.25) is 4.68 Å². The highest BCUT2D eigenvalue weighted by Gasteiger charge is 2.26. The smallest absolute Gasteiger partial charge is 0.149 e. The number of nitrogens with two attached hydrogens (primary N) is 1. The predicted molar refractivity (Wildman–Crippen MR) is 73.3 cm³/mol. The molecule has 1 aromatic heterocycles. The fraction of sp³-hybridized carbons (Fsp3) is 0.786. The first-order valence-electron chi connectivity index (χ1n) is 6.60. The van der Waals surface area contributed by atoms with Crippen LogP contribution in [0.3, 0.4) is 0 Å². The molecule has 0 saturated carbocycles. The largest absolute Gasteiger partial charge is 0.324 e. The third kappa shape index (κ3) is 3.80. The van der Waals surface area contributed by atoms with Gasteiger partial charge in [0.2, 0.25) is 0 Å². The maximum absolute atomic E-state index is 14.0. The van der Waals surface area contributed by atoms with Gasteiger partial charge in [-0.1, -0.05) is 13.8 Å². The lowest BCUT2D eigenvalue weighted by Gasteiger charge is -2.21. The van der Waals surface area contributed by atoms with Crippen LogP contribution in [0, 0.1) is 0 Å². The van der Waals surface area contributed by atoms with E-state index < -0.39 is 5.67 Å². The molecule has 1 atom stereocenters. The van der Waals surface area contributed by atoms with Crippen molar-refractivity contribution in [2.75, 3.05) is 0 Å². The molecule has 0 aliphatic carbocycles. The molecule has 0 aliphatic rings. The van der Waals surface area contributed by atoms with E-state index in [1.54, 1.807) is 0 Å². The molecule has 0 saturated heterocycles. The van der Waals surface area contributed by atoms with E-state index in [0.29, 0.717) is 18.2 Å². The van der Waals surface area contributed by atoms with Crippen molar-refractivity contribution < 1.29 is 4.39 Å². The normalized spacial score (nSPS) is 14.9. The summed E-state index contributed by atoms with van der Waals surface area (Å²) >= 11 is 0. The maximum atomic E-state index is 14.0. The van der Waals surface area contributed by atoms with E-state index in [0.717, 1.165) is 12.1 Å². The highest BCUT2D eigenvalue weighted by molar-refractivity contribution is 5.19. The molecule has 0 amide bonds. The first-order valence-corrected chi connectivity index (χ1v) is 6.60. The molecular weight excluding hydrogens is 229 g/mol. The molecule has 3 nitrogen and oxygen atoms in total. The number of rotatable bonds is 5. The van der Waals surface area contributed by atoms with E-state index in [-0.39, 0.29) is 5.54 Å². The molecule has 0 fully saturated rings. The highest BCUT2D eigenvalue weighted by atomic mass is 19.1. The van der Waals surface area contributed by atoms with Crippen LogP contribution in [-0.2, 0) is 12.2 Å². The number of hydrogen-bond donors (Lipinski definition) is 1. The van der Waals surface area contributed by atoms with Gasteiger partial charge >= 0.3 is 0 Å². The van der Waals surface area contributed by atoms with Gasteiger partial charge in [0.1, 0.15) is 5.67 Å². The molecule has 0 spiro atoms. The van der Waals surface area contributed by atoms with Crippen molar-refractivity contribution in [3.8, 4) is 0 Å². The van der Waals surface area contributed by atoms with Crippen LogP contribution < -0.4 is 5.73 Å². The summed E-state index contributed by atoms with van der Waals surface area (Å²) in [5.41, 5.74) is 5.83. The van der Waals surface area contributed by atoms with E-state index in [4.69, 9.17) is 5.73 Å². The summed E-state index contributed by atoms with van der Waals surface area (Å²) in [5, 5.41) is 4.40. The van der Waals surface area contributed by atoms with E-state index in [2.05, 4.69) is 18.9 Å². The second kappa shape index (κ2) is 5.00. The molecule has 2 N–H and O–H groups in total. The Morgan fingerprint density at radius 2 is 1.94 bits per heavy atom. The van der Waals surface area contributed by atoms with Crippen molar-refractivity contribution >= 4 is 0 Å². The quantitative estimate of drug-likeness (QED) is 0.877. The van der Waals surface area contributed by atoms with Crippen molar-refractivity contribution in [1.82, 2.24) is 9.78 Å². The van der Waals surface area contributed by atoms with Crippen molar-refractivity contribution in [2.45, 2.75) is 71.6 Å². The lowest BCUT2D eigenvalue weighted by Crippen LogP contribution is -2.38. The third-order valence-electron chi connectivity index (χ3n) is 3.09. The standard InChI is InChI=1S/C14H26FN3/c1-7-10(2)11-8-12(14(5,6)15)17-18(11)9-13(3,4)16/h8,10H,7,9,16H2,1-6H3. The second-order valence-electron chi connectivity index (χ2n) is 6.38. The van der Waals surface area contributed by atoms with E-state index in [9.17, 15) is 4.39 Å². The Morgan fingerprint density at radius 1 is 1.39 bits per heavy atom. The van der Waals surface area contributed by atoms with Crippen LogP contribution in [0.15, 0.2) is 6.07 Å². The number of alkyl halides is 1. The Balaban J connectivity index is 3.17. The minimum Gasteiger partial charge on any atom is -0.324 e. The van der Waals surface area contributed by atoms with Crippen molar-refractivity contribution in [3.05, 3.63) is 17.5 Å². The lowest BCUT2D eigenvalue weighted by molar-refractivity contribution is 0.211. The zero-order valence-electron chi connectivity index (χ0n) is 12.4. The molecule has 0 aromatic carbocycles. The van der Waals surface area contributed by atoms with Crippen molar-refractivity contribution in [3.63, 3.8) is 0 Å². The Morgan fingerprint density at radius 3 is 2.33 bits per heavy atom. The van der Waals surface area contributed by atoms with Crippen molar-refractivity contribution in [1.29, 1.82) is 0 Å². The highest BCUT2D eigenvalue weighted by Crippen LogP contribution is 2.28. The van der Waals surface area contributed by atoms with Crippen LogP contribution in [0.5, 0.6) is 0 Å². The van der Waals surface area contributed by atoms with Gasteiger partial charge < -0.3 is 5.73 Å². The van der Waals surface area contributed by atoms with E-state index in [1.807, 2.05) is 24.6 Å². The minimum absolute atomic E-state index is 0.355. The number of hydrogen-bond acceptors (Lipinski definition) is 2. The molecule has 0 bridgehead atoms. The predicted octanol–water partition coefficient (Wildman–Crippen LogP) is 3.34. The summed E-state index contributed by atoms with van der Waals surface area (Å²) in [5.74, 6) is 0.357. The van der Waals surface area contributed by atoms with Gasteiger partial charge in [0.15, 0.2) is 0 Å². The fourth-order valence-electron chi connectivity index (χ4n) is 1.84. The third-order valence-corrected chi connectivity index (χ3v) is 3.09. The number of halogens is 1. The SMILES string of the molecule is CCC(C)c1cc(C(C)(C)F)nn1CC(C)(C)N. The van der Waals surface area contributed by atoms with Gasteiger partial charge in [-0.2, -0.15) is 5.10 Å². The molecule has 104 valence electrons. The molecule has 4 heteroatoms. The van der Waals surface area contributed by atoms with Crippen LogP contribution in [0.4, 0.5) is 4.39 Å². The average Bonchev–Trinajstić information content (AvgIpc) is 2.57. The second-order valence-corrected chi connectivity index (χ2v) is 6.38. The van der Waals surface area contributed by atoms with Crippen LogP contribution >= 0.6 is 0 Å². The van der Waals surface area contributed by atoms with Crippen LogP contribution in [0.1, 0.15) is 65.3 Å². The fourth-order valence-corrected chi connectivity index (χ4v) is 1.84. The van der Waals surface area contributed by atoms with Gasteiger partial charge in [-0.25, -0.2) is 4.39 Å². The summed E-state index contributed by atoms with van der Waals surface area (Å²) in [4.78, 5) is 0. The molecule has 18 heavy (non-hydrogen) atoms. The summed E-state index contributed by atoms with van der Waals surface area (Å²) < 4.78 is 15.9. The van der Waals surface area contributed by atoms with Crippen LogP contribution in [0.2, 0.25) is 0 Å². The van der Waals surface area contributed by atoms with Gasteiger partial charge in [0, 0.05) is 11.2 Å². The molecular formula is C14H26FN3. The molecule has 1 aromatic rings. The van der Waals surface area contributed by atoms with Crippen LogP contribution in [0.25, 0.3) is 0 Å². The lowest BCUT2D eigenvalue weighted by atomic mass is 10.0. The Hall–Kier alpha value is -0.900. The van der Waals surface area contributed by atoms with Gasteiger partial charge in [-0.05, 0) is 46.1 Å². The Bertz CT molecular complexity index is 396. The average molecular weight is 255 g/mol. The first-order chi connectivity index (χ1) is 8.04. The summed E-state index contributed by atoms with van der Waals surface area (Å²) in [6.45, 7) is 11.8. The van der Waals surface area contributed by atoms with Gasteiger partial charge in [0.25, 0.3) is 0 Å². The Kier molecular flexibility index (Phi) is 4.21. The minimum atomic E-state index is -1.41.